The van der Waals surface area contributed by atoms with Gasteiger partial charge in [-0.2, -0.15) is 10.4 Å². The van der Waals surface area contributed by atoms with Gasteiger partial charge < -0.3 is 4.90 Å². The molecule has 2 aromatic carbocycles. The van der Waals surface area contributed by atoms with Crippen LogP contribution in [0.15, 0.2) is 42.5 Å². The number of nitrogens with one attached hydrogen (secondary N) is 1. The highest BCUT2D eigenvalue weighted by molar-refractivity contribution is 6.30. The zero-order valence-corrected chi connectivity index (χ0v) is 16.7. The normalized spacial score (nSPS) is 14.9. The third kappa shape index (κ3) is 3.28. The van der Waals surface area contributed by atoms with Crippen molar-refractivity contribution in [2.75, 3.05) is 13.1 Å². The second kappa shape index (κ2) is 7.02. The van der Waals surface area contributed by atoms with E-state index in [-0.39, 0.29) is 19.0 Å². The molecule has 3 aromatic rings. The van der Waals surface area contributed by atoms with Gasteiger partial charge in [0.05, 0.1) is 30.4 Å². The standard InChI is InChI=1S/C22H18ClFN4O/c1-13-3-6-16(9-18(13)19-14(2)20(23)27-26-19)21(29)28-11-22(24,12-28)17-7-4-15(10-25)5-8-17/h3-9H,11-12H2,1-2H3,(H,26,27). The van der Waals surface area contributed by atoms with Crippen molar-refractivity contribution in [2.45, 2.75) is 19.5 Å². The lowest BCUT2D eigenvalue weighted by atomic mass is 9.87. The van der Waals surface area contributed by atoms with Crippen molar-refractivity contribution in [3.8, 4) is 17.3 Å². The first-order chi connectivity index (χ1) is 13.8. The average molecular weight is 409 g/mol. The summed E-state index contributed by atoms with van der Waals surface area (Å²) in [5.41, 5.74) is 3.24. The fourth-order valence-corrected chi connectivity index (χ4v) is 3.71. The Bertz CT molecular complexity index is 1140. The Morgan fingerprint density at radius 1 is 1.24 bits per heavy atom. The number of carbonyl (C=O) groups excluding carboxylic acids is 1. The summed E-state index contributed by atoms with van der Waals surface area (Å²) in [4.78, 5) is 14.4. The molecule has 1 aromatic heterocycles. The SMILES string of the molecule is Cc1ccc(C(=O)N2CC(F)(c3ccc(C#N)cc3)C2)cc1-c1[nH]nc(Cl)c1C. The van der Waals surface area contributed by atoms with E-state index in [4.69, 9.17) is 16.9 Å². The molecular weight excluding hydrogens is 391 g/mol. The minimum absolute atomic E-state index is 0.0180. The van der Waals surface area contributed by atoms with Gasteiger partial charge >= 0.3 is 0 Å². The van der Waals surface area contributed by atoms with Gasteiger partial charge in [-0.05, 0) is 49.2 Å². The van der Waals surface area contributed by atoms with Crippen LogP contribution < -0.4 is 0 Å². The van der Waals surface area contributed by atoms with Crippen LogP contribution >= 0.6 is 11.6 Å². The van der Waals surface area contributed by atoms with Gasteiger partial charge in [-0.25, -0.2) is 4.39 Å². The average Bonchev–Trinajstić information content (AvgIpc) is 3.04. The summed E-state index contributed by atoms with van der Waals surface area (Å²) >= 11 is 6.05. The Balaban J connectivity index is 1.55. The molecule has 1 fully saturated rings. The number of hydrogen-bond acceptors (Lipinski definition) is 3. The minimum atomic E-state index is -1.59. The van der Waals surface area contributed by atoms with Crippen LogP contribution in [0.5, 0.6) is 0 Å². The Kier molecular flexibility index (Phi) is 4.64. The zero-order valence-electron chi connectivity index (χ0n) is 16.0. The lowest BCUT2D eigenvalue weighted by molar-refractivity contribution is -0.0231. The van der Waals surface area contributed by atoms with Gasteiger partial charge in [-0.15, -0.1) is 0 Å². The van der Waals surface area contributed by atoms with E-state index < -0.39 is 5.67 Å². The van der Waals surface area contributed by atoms with E-state index in [0.717, 1.165) is 22.4 Å². The van der Waals surface area contributed by atoms with Crippen molar-refractivity contribution in [2.24, 2.45) is 0 Å². The molecule has 0 bridgehead atoms. The number of aromatic nitrogens is 2. The van der Waals surface area contributed by atoms with Crippen LogP contribution in [0, 0.1) is 25.2 Å². The van der Waals surface area contributed by atoms with Gasteiger partial charge in [-0.1, -0.05) is 29.8 Å². The van der Waals surface area contributed by atoms with Gasteiger partial charge in [0, 0.05) is 16.7 Å². The summed E-state index contributed by atoms with van der Waals surface area (Å²) < 4.78 is 15.2. The number of rotatable bonds is 3. The maximum absolute atomic E-state index is 15.2. The Labute approximate surface area is 172 Å². The van der Waals surface area contributed by atoms with Gasteiger partial charge in [0.25, 0.3) is 5.91 Å². The van der Waals surface area contributed by atoms with Crippen molar-refractivity contribution in [1.29, 1.82) is 5.26 Å². The molecule has 146 valence electrons. The summed E-state index contributed by atoms with van der Waals surface area (Å²) in [5.74, 6) is -0.226. The molecule has 0 radical (unpaired) electrons. The highest BCUT2D eigenvalue weighted by Crippen LogP contribution is 2.37. The smallest absolute Gasteiger partial charge is 0.254 e. The van der Waals surface area contributed by atoms with Crippen molar-refractivity contribution in [3.63, 3.8) is 0 Å². The molecular formula is C22H18ClFN4O. The molecule has 4 rings (SSSR count). The monoisotopic (exact) mass is 408 g/mol. The van der Waals surface area contributed by atoms with Crippen LogP contribution in [0.3, 0.4) is 0 Å². The van der Waals surface area contributed by atoms with Crippen LogP contribution in [0.1, 0.15) is 32.6 Å². The third-order valence-corrected chi connectivity index (χ3v) is 5.77. The zero-order chi connectivity index (χ0) is 20.8. The number of aromatic amines is 1. The lowest BCUT2D eigenvalue weighted by Crippen LogP contribution is -2.58. The topological polar surface area (TPSA) is 72.8 Å². The molecule has 1 saturated heterocycles. The van der Waals surface area contributed by atoms with E-state index in [1.54, 1.807) is 36.4 Å². The van der Waals surface area contributed by atoms with Gasteiger partial charge in [-0.3, -0.25) is 9.89 Å². The maximum Gasteiger partial charge on any atom is 0.254 e. The van der Waals surface area contributed by atoms with E-state index in [9.17, 15) is 4.79 Å². The molecule has 1 aliphatic heterocycles. The second-order valence-corrected chi connectivity index (χ2v) is 7.72. The Morgan fingerprint density at radius 3 is 2.52 bits per heavy atom. The largest absolute Gasteiger partial charge is 0.331 e. The van der Waals surface area contributed by atoms with Crippen LogP contribution in [-0.4, -0.2) is 34.1 Å². The summed E-state index contributed by atoms with van der Waals surface area (Å²) in [6, 6.07) is 13.8. The molecule has 1 amide bonds. The highest BCUT2D eigenvalue weighted by Gasteiger charge is 2.47. The number of H-pyrrole nitrogens is 1. The van der Waals surface area contributed by atoms with Crippen molar-refractivity contribution in [3.05, 3.63) is 75.4 Å². The van der Waals surface area contributed by atoms with Gasteiger partial charge in [0.2, 0.25) is 0 Å². The number of likely N-dealkylation sites (tertiary alicyclic amines) is 1. The van der Waals surface area contributed by atoms with Gasteiger partial charge in [0.1, 0.15) is 0 Å². The highest BCUT2D eigenvalue weighted by atomic mass is 35.5. The van der Waals surface area contributed by atoms with E-state index >= 15 is 4.39 Å². The Morgan fingerprint density at radius 2 is 1.93 bits per heavy atom. The molecule has 5 nitrogen and oxygen atoms in total. The number of benzene rings is 2. The molecule has 2 heterocycles. The summed E-state index contributed by atoms with van der Waals surface area (Å²) in [5, 5.41) is 16.2. The second-order valence-electron chi connectivity index (χ2n) is 7.36. The van der Waals surface area contributed by atoms with Crippen molar-refractivity contribution >= 4 is 17.5 Å². The molecule has 0 saturated carbocycles. The predicted octanol–water partition coefficient (Wildman–Crippen LogP) is 4.54. The van der Waals surface area contributed by atoms with E-state index in [1.807, 2.05) is 26.0 Å². The molecule has 1 N–H and O–H groups in total. The van der Waals surface area contributed by atoms with Crippen LogP contribution in [0.2, 0.25) is 5.15 Å². The predicted molar refractivity (Wildman–Crippen MR) is 108 cm³/mol. The van der Waals surface area contributed by atoms with Crippen LogP contribution in [0.25, 0.3) is 11.3 Å². The third-order valence-electron chi connectivity index (χ3n) is 5.41. The first-order valence-electron chi connectivity index (χ1n) is 9.13. The number of nitriles is 1. The van der Waals surface area contributed by atoms with Crippen molar-refractivity contribution in [1.82, 2.24) is 15.1 Å². The number of amides is 1. The molecule has 0 aliphatic carbocycles. The number of halogens is 2. The Hall–Kier alpha value is -3.17. The number of aryl methyl sites for hydroxylation is 1. The van der Waals surface area contributed by atoms with Crippen LogP contribution in [0.4, 0.5) is 4.39 Å². The lowest BCUT2D eigenvalue weighted by Gasteiger charge is -2.44. The fourth-order valence-electron chi connectivity index (χ4n) is 3.57. The fraction of sp³-hybridized carbons (Fsp3) is 0.227. The molecule has 1 aliphatic rings. The summed E-state index contributed by atoms with van der Waals surface area (Å²) in [6.07, 6.45) is 0. The number of alkyl halides is 1. The van der Waals surface area contributed by atoms with Crippen molar-refractivity contribution < 1.29 is 9.18 Å². The molecule has 0 unspecified atom stereocenters. The molecule has 0 atom stereocenters. The summed E-state index contributed by atoms with van der Waals surface area (Å²) in [7, 11) is 0. The first-order valence-corrected chi connectivity index (χ1v) is 9.50. The first kappa shape index (κ1) is 19.2. The van der Waals surface area contributed by atoms with E-state index in [2.05, 4.69) is 10.2 Å². The quantitative estimate of drug-likeness (QED) is 0.691. The molecule has 7 heteroatoms. The van der Waals surface area contributed by atoms with Gasteiger partial charge in [0.15, 0.2) is 10.8 Å². The molecule has 0 spiro atoms. The number of nitrogens with zero attached hydrogens (tertiary/aromatic N) is 3. The number of carbonyl (C=O) groups is 1. The summed E-state index contributed by atoms with van der Waals surface area (Å²) in [6.45, 7) is 3.77. The van der Waals surface area contributed by atoms with Crippen LogP contribution in [-0.2, 0) is 5.67 Å². The maximum atomic E-state index is 15.2. The minimum Gasteiger partial charge on any atom is -0.331 e. The molecule has 29 heavy (non-hydrogen) atoms. The number of hydrogen-bond donors (Lipinski definition) is 1. The van der Waals surface area contributed by atoms with E-state index in [0.29, 0.717) is 21.8 Å². The van der Waals surface area contributed by atoms with E-state index in [1.165, 1.54) is 4.90 Å².